The predicted octanol–water partition coefficient (Wildman–Crippen LogP) is 8.05. The standard InChI is InChI=1S/C38H26O2/c39-35(25-14-4-1-5-15-25)32-24-37(26-16-6-2-7-17-26)33-30-22-12-10-20-28(30)29-21-11-13-23-31(29)34(33)38(32,36(37)40)27-18-8-3-9-19-27/h1-23,32H,24H2. The summed E-state index contributed by atoms with van der Waals surface area (Å²) in [6, 6.07) is 46.6. The molecule has 0 amide bonds. The van der Waals surface area contributed by atoms with E-state index in [1.54, 1.807) is 0 Å². The quantitative estimate of drug-likeness (QED) is 0.176. The molecule has 0 aliphatic heterocycles. The first kappa shape index (κ1) is 23.1. The van der Waals surface area contributed by atoms with Crippen LogP contribution in [-0.2, 0) is 15.6 Å². The zero-order valence-corrected chi connectivity index (χ0v) is 21.9. The van der Waals surface area contributed by atoms with E-state index in [0.717, 1.165) is 43.8 Å². The first-order valence-corrected chi connectivity index (χ1v) is 13.9. The van der Waals surface area contributed by atoms with E-state index in [-0.39, 0.29) is 11.6 Å². The molecule has 0 heterocycles. The van der Waals surface area contributed by atoms with E-state index in [2.05, 4.69) is 60.7 Å². The van der Waals surface area contributed by atoms with Crippen molar-refractivity contribution in [1.82, 2.24) is 0 Å². The highest BCUT2D eigenvalue weighted by molar-refractivity contribution is 6.25. The molecule has 2 heteroatoms. The molecule has 1 fully saturated rings. The van der Waals surface area contributed by atoms with E-state index in [0.29, 0.717) is 12.0 Å². The van der Waals surface area contributed by atoms with Gasteiger partial charge >= 0.3 is 0 Å². The maximum atomic E-state index is 15.6. The Morgan fingerprint density at radius 1 is 0.525 bits per heavy atom. The molecule has 6 aromatic carbocycles. The van der Waals surface area contributed by atoms with Crippen molar-refractivity contribution >= 4 is 33.1 Å². The number of Topliss-reactive ketones (excluding diaryl/α,β-unsaturated/α-hetero) is 2. The maximum Gasteiger partial charge on any atom is 0.167 e. The Hall–Kier alpha value is -4.82. The lowest BCUT2D eigenvalue weighted by atomic mass is 9.62. The van der Waals surface area contributed by atoms with Gasteiger partial charge in [0.2, 0.25) is 0 Å². The van der Waals surface area contributed by atoms with Crippen molar-refractivity contribution < 1.29 is 9.59 Å². The highest BCUT2D eigenvalue weighted by atomic mass is 16.1. The van der Waals surface area contributed by atoms with E-state index < -0.39 is 16.7 Å². The largest absolute Gasteiger partial charge is 0.297 e. The van der Waals surface area contributed by atoms with Crippen molar-refractivity contribution in [2.45, 2.75) is 17.3 Å². The highest BCUT2D eigenvalue weighted by Crippen LogP contribution is 2.68. The molecule has 0 saturated heterocycles. The molecule has 3 unspecified atom stereocenters. The average molecular weight is 515 g/mol. The van der Waals surface area contributed by atoms with Crippen molar-refractivity contribution in [2.24, 2.45) is 5.92 Å². The number of hydrogen-bond donors (Lipinski definition) is 0. The number of rotatable bonds is 4. The molecule has 2 aliphatic carbocycles. The Bertz CT molecular complexity index is 1960. The van der Waals surface area contributed by atoms with E-state index in [9.17, 15) is 4.79 Å². The lowest BCUT2D eigenvalue weighted by Gasteiger charge is -2.38. The van der Waals surface area contributed by atoms with E-state index >= 15 is 4.79 Å². The molecular weight excluding hydrogens is 488 g/mol. The van der Waals surface area contributed by atoms with Crippen molar-refractivity contribution in [3.63, 3.8) is 0 Å². The summed E-state index contributed by atoms with van der Waals surface area (Å²) in [5.74, 6) is -0.399. The number of benzene rings is 6. The van der Waals surface area contributed by atoms with Gasteiger partial charge in [-0.05, 0) is 50.2 Å². The van der Waals surface area contributed by atoms with Gasteiger partial charge in [0.1, 0.15) is 0 Å². The van der Waals surface area contributed by atoms with Crippen LogP contribution in [0.3, 0.4) is 0 Å². The van der Waals surface area contributed by atoms with Gasteiger partial charge in [0.25, 0.3) is 0 Å². The maximum absolute atomic E-state index is 15.6. The molecule has 2 bridgehead atoms. The Kier molecular flexibility index (Phi) is 4.82. The van der Waals surface area contributed by atoms with E-state index in [1.165, 1.54) is 0 Å². The summed E-state index contributed by atoms with van der Waals surface area (Å²) in [6.45, 7) is 0. The fraction of sp³-hybridized carbons (Fsp3) is 0.105. The SMILES string of the molecule is O=C(c1ccccc1)C1CC2(c3ccccc3)C(=O)C1(c1ccccc1)c1c2c2ccccc2c2ccccc12. The zero-order valence-electron chi connectivity index (χ0n) is 21.9. The van der Waals surface area contributed by atoms with Crippen molar-refractivity contribution in [1.29, 1.82) is 0 Å². The predicted molar refractivity (Wildman–Crippen MR) is 160 cm³/mol. The molecule has 2 aliphatic rings. The summed E-state index contributed by atoms with van der Waals surface area (Å²) in [5, 5.41) is 4.40. The van der Waals surface area contributed by atoms with Crippen LogP contribution in [-0.4, -0.2) is 11.6 Å². The summed E-state index contributed by atoms with van der Waals surface area (Å²) in [4.78, 5) is 30.1. The van der Waals surface area contributed by atoms with Crippen LogP contribution in [0.2, 0.25) is 0 Å². The molecule has 190 valence electrons. The molecule has 0 N–H and O–H groups in total. The van der Waals surface area contributed by atoms with Crippen LogP contribution in [0.25, 0.3) is 21.5 Å². The van der Waals surface area contributed by atoms with Crippen molar-refractivity contribution in [3.8, 4) is 0 Å². The van der Waals surface area contributed by atoms with Crippen LogP contribution < -0.4 is 0 Å². The lowest BCUT2D eigenvalue weighted by Crippen LogP contribution is -2.41. The second-order valence-electron chi connectivity index (χ2n) is 11.1. The molecule has 2 nitrogen and oxygen atoms in total. The van der Waals surface area contributed by atoms with Gasteiger partial charge in [0.15, 0.2) is 11.6 Å². The van der Waals surface area contributed by atoms with Crippen molar-refractivity contribution in [2.75, 3.05) is 0 Å². The van der Waals surface area contributed by atoms with Gasteiger partial charge < -0.3 is 0 Å². The van der Waals surface area contributed by atoms with Crippen LogP contribution >= 0.6 is 0 Å². The minimum Gasteiger partial charge on any atom is -0.297 e. The molecule has 6 aromatic rings. The second-order valence-corrected chi connectivity index (χ2v) is 11.1. The highest BCUT2D eigenvalue weighted by Gasteiger charge is 2.73. The van der Waals surface area contributed by atoms with E-state index in [1.807, 2.05) is 78.9 Å². The normalized spacial score (nSPS) is 23.0. The molecule has 1 saturated carbocycles. The summed E-state index contributed by atoms with van der Waals surface area (Å²) in [6.07, 6.45) is 0.438. The van der Waals surface area contributed by atoms with Crippen LogP contribution in [0, 0.1) is 5.92 Å². The molecule has 0 radical (unpaired) electrons. The summed E-state index contributed by atoms with van der Waals surface area (Å²) in [5.41, 5.74) is 2.53. The van der Waals surface area contributed by atoms with Gasteiger partial charge in [-0.25, -0.2) is 0 Å². The van der Waals surface area contributed by atoms with Gasteiger partial charge in [-0.1, -0.05) is 140 Å². The first-order valence-electron chi connectivity index (χ1n) is 13.9. The Morgan fingerprint density at radius 3 is 1.55 bits per heavy atom. The number of fused-ring (bicyclic) bond motifs is 10. The van der Waals surface area contributed by atoms with Gasteiger partial charge in [-0.3, -0.25) is 9.59 Å². The summed E-state index contributed by atoms with van der Waals surface area (Å²) < 4.78 is 0. The van der Waals surface area contributed by atoms with Gasteiger partial charge in [-0.15, -0.1) is 0 Å². The topological polar surface area (TPSA) is 34.1 Å². The third kappa shape index (κ3) is 2.73. The van der Waals surface area contributed by atoms with Crippen molar-refractivity contribution in [3.05, 3.63) is 167 Å². The molecule has 40 heavy (non-hydrogen) atoms. The third-order valence-corrected chi connectivity index (χ3v) is 9.40. The summed E-state index contributed by atoms with van der Waals surface area (Å²) >= 11 is 0. The molecular formula is C38H26O2. The molecule has 8 rings (SSSR count). The Labute approximate surface area is 232 Å². The van der Waals surface area contributed by atoms with Crippen LogP contribution in [0.5, 0.6) is 0 Å². The average Bonchev–Trinajstić information content (AvgIpc) is 3.44. The monoisotopic (exact) mass is 514 g/mol. The van der Waals surface area contributed by atoms with Crippen LogP contribution in [0.15, 0.2) is 140 Å². The zero-order chi connectivity index (χ0) is 26.9. The van der Waals surface area contributed by atoms with Gasteiger partial charge in [0.05, 0.1) is 10.8 Å². The lowest BCUT2D eigenvalue weighted by molar-refractivity contribution is -0.123. The first-order chi connectivity index (χ1) is 19.7. The third-order valence-electron chi connectivity index (χ3n) is 9.40. The fourth-order valence-corrected chi connectivity index (χ4v) is 7.93. The smallest absolute Gasteiger partial charge is 0.167 e. The second kappa shape index (κ2) is 8.34. The number of carbonyl (C=O) groups excluding carboxylic acids is 2. The van der Waals surface area contributed by atoms with E-state index in [4.69, 9.17) is 0 Å². The minimum atomic E-state index is -1.11. The summed E-state index contributed by atoms with van der Waals surface area (Å²) in [7, 11) is 0. The molecule has 0 spiro atoms. The van der Waals surface area contributed by atoms with Crippen LogP contribution in [0.4, 0.5) is 0 Å². The van der Waals surface area contributed by atoms with Crippen LogP contribution in [0.1, 0.15) is 39.0 Å². The van der Waals surface area contributed by atoms with Gasteiger partial charge in [0, 0.05) is 11.5 Å². The number of carbonyl (C=O) groups is 2. The Morgan fingerprint density at radius 2 is 0.975 bits per heavy atom. The molecule has 0 aromatic heterocycles. The number of hydrogen-bond acceptors (Lipinski definition) is 2. The minimum absolute atomic E-state index is 0.0264. The fourth-order valence-electron chi connectivity index (χ4n) is 7.93. The molecule has 3 atom stereocenters. The van der Waals surface area contributed by atoms with Gasteiger partial charge in [-0.2, -0.15) is 0 Å². The number of ketones is 2. The Balaban J connectivity index is 1.60.